The van der Waals surface area contributed by atoms with Crippen LogP contribution < -0.4 is 0 Å². The summed E-state index contributed by atoms with van der Waals surface area (Å²) in [5.74, 6) is 0.838. The summed E-state index contributed by atoms with van der Waals surface area (Å²) in [4.78, 5) is 12.3. The van der Waals surface area contributed by atoms with Gasteiger partial charge < -0.3 is 4.42 Å². The van der Waals surface area contributed by atoms with Crippen LogP contribution in [-0.4, -0.2) is 48.7 Å². The highest BCUT2D eigenvalue weighted by Crippen LogP contribution is 2.22. The van der Waals surface area contributed by atoms with Crippen molar-refractivity contribution in [1.82, 2.24) is 9.21 Å². The molecule has 8 nitrogen and oxygen atoms in total. The Morgan fingerprint density at radius 2 is 1.88 bits per heavy atom. The molecule has 0 amide bonds. The first kappa shape index (κ1) is 16.6. The molecule has 3 rings (SSSR count). The zero-order valence-corrected chi connectivity index (χ0v) is 13.7. The highest BCUT2D eigenvalue weighted by atomic mass is 32.2. The van der Waals surface area contributed by atoms with Crippen molar-refractivity contribution in [3.63, 3.8) is 0 Å². The lowest BCUT2D eigenvalue weighted by Crippen LogP contribution is -2.48. The van der Waals surface area contributed by atoms with Gasteiger partial charge in [-0.05, 0) is 18.2 Å². The van der Waals surface area contributed by atoms with Gasteiger partial charge in [-0.25, -0.2) is 8.42 Å². The number of non-ortho nitro benzene ring substituents is 1. The molecule has 0 spiro atoms. The van der Waals surface area contributed by atoms with Crippen molar-refractivity contribution in [3.8, 4) is 0 Å². The van der Waals surface area contributed by atoms with E-state index in [0.29, 0.717) is 32.7 Å². The van der Waals surface area contributed by atoms with Crippen LogP contribution in [0.3, 0.4) is 0 Å². The molecule has 0 unspecified atom stereocenters. The van der Waals surface area contributed by atoms with Crippen LogP contribution >= 0.6 is 0 Å². The van der Waals surface area contributed by atoms with E-state index in [4.69, 9.17) is 4.42 Å². The molecule has 0 atom stereocenters. The Labute approximate surface area is 139 Å². The topological polar surface area (TPSA) is 96.9 Å². The average molecular weight is 351 g/mol. The normalized spacial score (nSPS) is 17.0. The Morgan fingerprint density at radius 3 is 2.50 bits per heavy atom. The minimum absolute atomic E-state index is 0.0452. The second-order valence-corrected chi connectivity index (χ2v) is 7.45. The highest BCUT2D eigenvalue weighted by molar-refractivity contribution is 7.89. The summed E-state index contributed by atoms with van der Waals surface area (Å²) in [5, 5.41) is 10.8. The molecule has 1 aliphatic heterocycles. The predicted molar refractivity (Wildman–Crippen MR) is 85.8 cm³/mol. The van der Waals surface area contributed by atoms with Crippen LogP contribution in [0.25, 0.3) is 0 Å². The van der Waals surface area contributed by atoms with Gasteiger partial charge >= 0.3 is 0 Å². The van der Waals surface area contributed by atoms with E-state index in [1.165, 1.54) is 22.5 Å². The maximum atomic E-state index is 12.7. The van der Waals surface area contributed by atoms with Crippen molar-refractivity contribution in [3.05, 3.63) is 58.5 Å². The van der Waals surface area contributed by atoms with Gasteiger partial charge in [0, 0.05) is 38.3 Å². The number of nitro benzene ring substituents is 1. The summed E-state index contributed by atoms with van der Waals surface area (Å²) >= 11 is 0. The van der Waals surface area contributed by atoms with Crippen molar-refractivity contribution >= 4 is 15.7 Å². The van der Waals surface area contributed by atoms with Crippen LogP contribution in [0.2, 0.25) is 0 Å². The van der Waals surface area contributed by atoms with E-state index in [0.717, 1.165) is 11.8 Å². The number of nitro groups is 1. The number of sulfonamides is 1. The Balaban J connectivity index is 1.68. The van der Waals surface area contributed by atoms with Gasteiger partial charge in [-0.15, -0.1) is 0 Å². The van der Waals surface area contributed by atoms with Crippen LogP contribution in [0, 0.1) is 10.1 Å². The Morgan fingerprint density at radius 1 is 1.12 bits per heavy atom. The van der Waals surface area contributed by atoms with Crippen molar-refractivity contribution in [2.45, 2.75) is 11.4 Å². The average Bonchev–Trinajstić information content (AvgIpc) is 3.08. The quantitative estimate of drug-likeness (QED) is 0.601. The molecule has 1 aromatic heterocycles. The minimum atomic E-state index is -3.72. The number of furan rings is 1. The summed E-state index contributed by atoms with van der Waals surface area (Å²) in [7, 11) is -3.72. The molecule has 0 radical (unpaired) electrons. The van der Waals surface area contributed by atoms with E-state index in [9.17, 15) is 18.5 Å². The second-order valence-electron chi connectivity index (χ2n) is 5.51. The summed E-state index contributed by atoms with van der Waals surface area (Å²) in [6.45, 7) is 2.47. The van der Waals surface area contributed by atoms with Crippen molar-refractivity contribution in [1.29, 1.82) is 0 Å². The Kier molecular flexibility index (Phi) is 4.65. The molecule has 1 saturated heterocycles. The third-order valence-electron chi connectivity index (χ3n) is 3.96. The lowest BCUT2D eigenvalue weighted by Gasteiger charge is -2.33. The molecule has 1 aromatic carbocycles. The van der Waals surface area contributed by atoms with E-state index in [1.54, 1.807) is 6.26 Å². The first-order valence-electron chi connectivity index (χ1n) is 7.46. The summed E-state index contributed by atoms with van der Waals surface area (Å²) < 4.78 is 32.0. The lowest BCUT2D eigenvalue weighted by atomic mass is 10.3. The van der Waals surface area contributed by atoms with Crippen LogP contribution in [0.4, 0.5) is 5.69 Å². The smallest absolute Gasteiger partial charge is 0.270 e. The van der Waals surface area contributed by atoms with Gasteiger partial charge in [-0.3, -0.25) is 15.0 Å². The molecule has 9 heteroatoms. The van der Waals surface area contributed by atoms with Crippen LogP contribution in [-0.2, 0) is 16.6 Å². The number of hydrogen-bond acceptors (Lipinski definition) is 6. The number of rotatable bonds is 5. The zero-order chi connectivity index (χ0) is 17.2. The Bertz CT molecular complexity index is 811. The van der Waals surface area contributed by atoms with Crippen molar-refractivity contribution in [2.75, 3.05) is 26.2 Å². The van der Waals surface area contributed by atoms with E-state index >= 15 is 0 Å². The Hall–Kier alpha value is -2.23. The van der Waals surface area contributed by atoms with Gasteiger partial charge in [-0.1, -0.05) is 6.07 Å². The molecule has 0 aliphatic carbocycles. The molecule has 2 heterocycles. The number of hydrogen-bond donors (Lipinski definition) is 0. The van der Waals surface area contributed by atoms with Crippen LogP contribution in [0.1, 0.15) is 5.76 Å². The van der Waals surface area contributed by atoms with E-state index in [2.05, 4.69) is 4.90 Å². The van der Waals surface area contributed by atoms with Gasteiger partial charge in [0.1, 0.15) is 5.76 Å². The maximum absolute atomic E-state index is 12.7. The van der Waals surface area contributed by atoms with Crippen LogP contribution in [0.15, 0.2) is 52.0 Å². The molecule has 128 valence electrons. The van der Waals surface area contributed by atoms with E-state index in [-0.39, 0.29) is 10.6 Å². The van der Waals surface area contributed by atoms with E-state index < -0.39 is 14.9 Å². The molecular weight excluding hydrogens is 334 g/mol. The molecule has 24 heavy (non-hydrogen) atoms. The fourth-order valence-corrected chi connectivity index (χ4v) is 4.12. The third-order valence-corrected chi connectivity index (χ3v) is 5.85. The van der Waals surface area contributed by atoms with Crippen LogP contribution in [0.5, 0.6) is 0 Å². The largest absolute Gasteiger partial charge is 0.468 e. The van der Waals surface area contributed by atoms with Gasteiger partial charge in [0.2, 0.25) is 10.0 Å². The second kappa shape index (κ2) is 6.71. The highest BCUT2D eigenvalue weighted by Gasteiger charge is 2.29. The molecule has 2 aromatic rings. The van der Waals surface area contributed by atoms with Gasteiger partial charge in [0.25, 0.3) is 5.69 Å². The fraction of sp³-hybridized carbons (Fsp3) is 0.333. The molecule has 0 N–H and O–H groups in total. The standard InChI is InChI=1S/C15H17N3O5S/c19-18(20)13-3-1-5-15(11-13)24(21,22)17-8-6-16(7-9-17)12-14-4-2-10-23-14/h1-5,10-11H,6-9,12H2. The van der Waals surface area contributed by atoms with Gasteiger partial charge in [-0.2, -0.15) is 4.31 Å². The first-order chi connectivity index (χ1) is 11.5. The monoisotopic (exact) mass is 351 g/mol. The minimum Gasteiger partial charge on any atom is -0.468 e. The molecule has 0 bridgehead atoms. The fourth-order valence-electron chi connectivity index (χ4n) is 2.66. The van der Waals surface area contributed by atoms with Crippen molar-refractivity contribution < 1.29 is 17.8 Å². The summed E-state index contributed by atoms with van der Waals surface area (Å²) in [6.07, 6.45) is 1.61. The zero-order valence-electron chi connectivity index (χ0n) is 12.9. The number of piperazine rings is 1. The molecule has 1 aliphatic rings. The van der Waals surface area contributed by atoms with Gasteiger partial charge in [0.15, 0.2) is 0 Å². The summed E-state index contributed by atoms with van der Waals surface area (Å²) in [5.41, 5.74) is -0.229. The molecule has 0 saturated carbocycles. The predicted octanol–water partition coefficient (Wildman–Crippen LogP) is 1.69. The van der Waals surface area contributed by atoms with Gasteiger partial charge in [0.05, 0.1) is 22.6 Å². The SMILES string of the molecule is O=[N+]([O-])c1cccc(S(=O)(=O)N2CCN(Cc3ccco3)CC2)c1. The lowest BCUT2D eigenvalue weighted by molar-refractivity contribution is -0.385. The summed E-state index contributed by atoms with van der Waals surface area (Å²) in [6, 6.07) is 8.85. The first-order valence-corrected chi connectivity index (χ1v) is 8.90. The third kappa shape index (κ3) is 3.48. The maximum Gasteiger partial charge on any atom is 0.270 e. The number of nitrogens with zero attached hydrogens (tertiary/aromatic N) is 3. The van der Waals surface area contributed by atoms with Crippen molar-refractivity contribution in [2.24, 2.45) is 0 Å². The molecule has 1 fully saturated rings. The van der Waals surface area contributed by atoms with E-state index in [1.807, 2.05) is 12.1 Å². The molecular formula is C15H17N3O5S. The number of benzene rings is 1.